The van der Waals surface area contributed by atoms with Crippen LogP contribution in [0.2, 0.25) is 0 Å². The molecule has 4 N–H and O–H groups in total. The summed E-state index contributed by atoms with van der Waals surface area (Å²) in [5.74, 6) is -3.28. The number of hydrogen-bond donors (Lipinski definition) is 4. The number of rotatable bonds is 4. The Morgan fingerprint density at radius 2 is 0.676 bits per heavy atom. The van der Waals surface area contributed by atoms with Gasteiger partial charge in [0.15, 0.2) is 63.7 Å². The highest BCUT2D eigenvalue weighted by atomic mass is 32.1. The summed E-state index contributed by atoms with van der Waals surface area (Å²) in [5.41, 5.74) is 14.8. The van der Waals surface area contributed by atoms with Crippen molar-refractivity contribution in [2.75, 3.05) is 99.1 Å². The van der Waals surface area contributed by atoms with Gasteiger partial charge in [0.25, 0.3) is 23.6 Å². The second-order valence-electron chi connectivity index (χ2n) is 35.6. The highest BCUT2D eigenvalue weighted by Gasteiger charge is 2.53. The molecule has 4 fully saturated rings. The lowest BCUT2D eigenvalue weighted by Gasteiger charge is -2.51. The summed E-state index contributed by atoms with van der Waals surface area (Å²) in [7, 11) is 0. The van der Waals surface area contributed by atoms with Crippen LogP contribution in [0.5, 0.6) is 23.0 Å². The number of ether oxygens (including phenoxy) is 4. The fourth-order valence-corrected chi connectivity index (χ4v) is 24.3. The van der Waals surface area contributed by atoms with Crippen molar-refractivity contribution in [2.24, 2.45) is 0 Å². The molecule has 708 valence electrons. The van der Waals surface area contributed by atoms with Crippen molar-refractivity contribution in [3.8, 4) is 111 Å². The highest BCUT2D eigenvalue weighted by Crippen LogP contribution is 2.56. The summed E-state index contributed by atoms with van der Waals surface area (Å²) in [6.07, 6.45) is 7.33. The van der Waals surface area contributed by atoms with Crippen LogP contribution >= 0.6 is 22.7 Å². The first-order valence-corrected chi connectivity index (χ1v) is 47.8. The third kappa shape index (κ3) is 13.3. The fourth-order valence-electron chi connectivity index (χ4n) is 22.4. The van der Waals surface area contributed by atoms with Crippen molar-refractivity contribution in [2.45, 2.75) is 48.8 Å². The maximum atomic E-state index is 15.6. The van der Waals surface area contributed by atoms with Crippen LogP contribution in [0, 0.1) is 11.6 Å². The summed E-state index contributed by atoms with van der Waals surface area (Å²) >= 11 is 3.15. The monoisotopic (exact) mass is 1940 g/mol. The molecule has 0 spiro atoms. The molecular weight excluding hydrogens is 1860 g/mol. The summed E-state index contributed by atoms with van der Waals surface area (Å²) in [4.78, 5) is 116. The Bertz CT molecular complexity index is 7870. The van der Waals surface area contributed by atoms with Crippen LogP contribution in [-0.4, -0.2) is 196 Å². The topological polar surface area (TPSA) is 352 Å². The molecule has 0 bridgehead atoms. The molecule has 8 aromatic carbocycles. The molecule has 4 amide bonds. The molecule has 4 aliphatic carbocycles. The van der Waals surface area contributed by atoms with Crippen molar-refractivity contribution >= 4 is 46.3 Å². The lowest BCUT2D eigenvalue weighted by atomic mass is 9.92. The number of pyridine rings is 4. The van der Waals surface area contributed by atoms with E-state index < -0.39 is 117 Å². The van der Waals surface area contributed by atoms with E-state index in [9.17, 15) is 63.2 Å². The van der Waals surface area contributed by atoms with Crippen LogP contribution in [0.4, 0.5) is 8.78 Å². The first-order valence-electron chi connectivity index (χ1n) is 46.1. The third-order valence-electron chi connectivity index (χ3n) is 28.5. The number of thiophene rings is 2. The summed E-state index contributed by atoms with van der Waals surface area (Å²) in [6.45, 7) is 3.81. The fraction of sp³-hybridized carbons (Fsp3) is 0.189. The van der Waals surface area contributed by atoms with E-state index in [0.29, 0.717) is 69.7 Å². The predicted molar refractivity (Wildman–Crippen MR) is 517 cm³/mol. The van der Waals surface area contributed by atoms with E-state index >= 15 is 4.39 Å². The van der Waals surface area contributed by atoms with E-state index in [1.165, 1.54) is 55.2 Å². The van der Waals surface area contributed by atoms with Gasteiger partial charge in [-0.2, -0.15) is 0 Å². The molecule has 12 aliphatic rings. The van der Waals surface area contributed by atoms with E-state index in [-0.39, 0.29) is 60.8 Å². The minimum Gasteiger partial charge on any atom is -0.502 e. The van der Waals surface area contributed by atoms with Gasteiger partial charge in [-0.3, -0.25) is 77.1 Å². The van der Waals surface area contributed by atoms with Gasteiger partial charge in [0, 0.05) is 124 Å². The number of carbonyl (C=O) groups is 4. The molecule has 28 rings (SSSR count). The molecule has 0 saturated carbocycles. The van der Waals surface area contributed by atoms with Crippen LogP contribution in [-0.2, 0) is 18.9 Å². The number of nitrogens with zero attached hydrogens (tertiary/aromatic N) is 14. The average Bonchev–Trinajstić information content (AvgIpc) is 1.40. The normalized spacial score (nSPS) is 20.2. The lowest BCUT2D eigenvalue weighted by molar-refractivity contribution is -0.0197. The highest BCUT2D eigenvalue weighted by molar-refractivity contribution is 7.14. The molecule has 0 radical (unpaired) electrons. The molecule has 8 aliphatic heterocycles. The SMILES string of the molecule is O=C1c2c(O)c(=O)ccn2N(C2c3ccccc3-c3cnoc3-c3ccccc32)C2COCCN12.O=C1c2c(O)c(=O)ccn2N([C@@H]2c3ccc(F)cc3-c3ccsc3-c3ccccc32)[C@H]2COCCN12.O=C1c2c(O)c(=O)ccn2N([C@H]2c3ccccc3-c3ncoc3-c3ccccc32)[C@@H]2COCCN12.O=C1c2c(O)c(=O)ccn2N([C@H]2c3ccccc3-c3sccc3-c3c(F)cccc32)[C@H]2COCCN12. The van der Waals surface area contributed by atoms with Gasteiger partial charge in [-0.1, -0.05) is 169 Å². The van der Waals surface area contributed by atoms with Gasteiger partial charge in [-0.05, 0) is 108 Å². The number of hydrogen-bond acceptors (Lipinski definition) is 26. The van der Waals surface area contributed by atoms with Gasteiger partial charge in [0.1, 0.15) is 42.0 Å². The number of amides is 4. The van der Waals surface area contributed by atoms with E-state index in [0.717, 1.165) is 116 Å². The molecular formula is C106H80F2N14O18S2. The lowest BCUT2D eigenvalue weighted by Crippen LogP contribution is -2.66. The van der Waals surface area contributed by atoms with Crippen LogP contribution < -0.4 is 41.8 Å². The van der Waals surface area contributed by atoms with E-state index in [4.69, 9.17) is 27.9 Å². The van der Waals surface area contributed by atoms with Crippen molar-refractivity contribution < 1.29 is 76.3 Å². The van der Waals surface area contributed by atoms with Crippen molar-refractivity contribution in [1.82, 2.24) is 48.4 Å². The van der Waals surface area contributed by atoms with Crippen LogP contribution in [0.15, 0.2) is 295 Å². The Morgan fingerprint density at radius 3 is 1.11 bits per heavy atom. The number of oxazole rings is 1. The average molecular weight is 1940 g/mol. The van der Waals surface area contributed by atoms with Crippen molar-refractivity contribution in [3.63, 3.8) is 0 Å². The maximum absolute atomic E-state index is 15.6. The Morgan fingerprint density at radius 1 is 0.331 bits per heavy atom. The smallest absolute Gasteiger partial charge is 0.278 e. The molecule has 8 atom stereocenters. The molecule has 8 aromatic heterocycles. The van der Waals surface area contributed by atoms with E-state index in [2.05, 4.69) is 10.1 Å². The van der Waals surface area contributed by atoms with E-state index in [1.54, 1.807) is 97.8 Å². The molecule has 32 nitrogen and oxygen atoms in total. The Kier molecular flexibility index (Phi) is 20.9. The molecule has 16 aromatic rings. The second-order valence-corrected chi connectivity index (χ2v) is 37.5. The summed E-state index contributed by atoms with van der Waals surface area (Å²) in [5, 5.41) is 58.9. The molecule has 142 heavy (non-hydrogen) atoms. The number of fused-ring (bicyclic) bond motifs is 28. The number of benzene rings is 8. The van der Waals surface area contributed by atoms with Gasteiger partial charge < -0.3 is 67.9 Å². The number of morpholine rings is 4. The molecule has 4 saturated heterocycles. The van der Waals surface area contributed by atoms with Crippen molar-refractivity contribution in [1.29, 1.82) is 0 Å². The number of halogens is 2. The number of carbonyl (C=O) groups excluding carboxylic acids is 4. The van der Waals surface area contributed by atoms with Gasteiger partial charge in [-0.15, -0.1) is 22.7 Å². The van der Waals surface area contributed by atoms with Gasteiger partial charge in [0.2, 0.25) is 21.7 Å². The zero-order valence-corrected chi connectivity index (χ0v) is 76.5. The molecule has 2 unspecified atom stereocenters. The van der Waals surface area contributed by atoms with Crippen LogP contribution in [0.25, 0.3) is 88.2 Å². The van der Waals surface area contributed by atoms with E-state index in [1.807, 2.05) is 195 Å². The summed E-state index contributed by atoms with van der Waals surface area (Å²) in [6, 6.07) is 64.8. The number of aromatic nitrogens is 6. The largest absolute Gasteiger partial charge is 0.502 e. The second kappa shape index (κ2) is 34.2. The van der Waals surface area contributed by atoms with Crippen LogP contribution in [0.3, 0.4) is 0 Å². The number of aromatic hydroxyl groups is 4. The zero-order valence-electron chi connectivity index (χ0n) is 74.8. The standard InChI is InChI=1S/2C27H20FN3O4S.2C26H20N4O5/c28-19-7-3-6-17-22(19)18-9-13-36-26(18)16-5-2-1-4-15(16)23(17)31-21-14-35-12-11-29(21)27(34)24-25(33)20(32)8-10-30(24)31;28-15-5-6-17-20(13-15)19-8-12-36-26(19)18-4-2-1-3-16(18)23(17)31-22-14-35-11-10-29(22)27(34)24-25(33)21(32)7-9-30(24)31;31-20-9-10-29-23(24(20)32)26(33)28-11-12-34-14-21(28)30(29)22-16-6-2-1-5-15(16)19-13-27-35-25(19)18-8-4-3-7-17(18)22;31-19-9-10-29-23(24(19)32)26(33)28-11-12-34-13-20(28)30(29)22-16-6-2-1-5-15(16)21-25(35-14-27-21)18-8-4-3-7-17(18)22/h1-10,13,21,23,33H,11-12,14H2;1-9,12-13,22-23,33H,10-11,14H2;1-10,13,21-22,32H,11-12,14H2;1-10,14,20,22,32H,11-13H2/t21-,23-;22-,23-;;20-,22+/m00.1/s1. The molecule has 36 heteroatoms. The minimum absolute atomic E-state index is 0.0480. The van der Waals surface area contributed by atoms with Gasteiger partial charge >= 0.3 is 0 Å². The first kappa shape index (κ1) is 86.9. The van der Waals surface area contributed by atoms with Gasteiger partial charge in [0.05, 0.1) is 83.2 Å². The molecule has 16 heterocycles. The predicted octanol–water partition coefficient (Wildman–Crippen LogP) is 13.3. The quantitative estimate of drug-likeness (QED) is 0.127. The van der Waals surface area contributed by atoms with Gasteiger partial charge in [-0.25, -0.2) is 13.8 Å². The maximum Gasteiger partial charge on any atom is 0.278 e. The minimum atomic E-state index is -0.629. The Labute approximate surface area is 811 Å². The zero-order chi connectivity index (χ0) is 96.5. The Balaban J connectivity index is 0.0000000995. The third-order valence-corrected chi connectivity index (χ3v) is 30.4. The summed E-state index contributed by atoms with van der Waals surface area (Å²) < 4.78 is 71.4. The Hall–Kier alpha value is -16.6. The van der Waals surface area contributed by atoms with Crippen molar-refractivity contribution in [3.05, 3.63) is 386 Å². The van der Waals surface area contributed by atoms with Crippen LogP contribution in [0.1, 0.15) is 111 Å². The first-order chi connectivity index (χ1) is 69.4.